The van der Waals surface area contributed by atoms with Crippen molar-refractivity contribution in [3.8, 4) is 0 Å². The molecule has 72 heavy (non-hydrogen) atoms. The molecule has 3 N–H and O–H groups in total. The van der Waals surface area contributed by atoms with Gasteiger partial charge in [0.1, 0.15) is 5.41 Å². The number of likely N-dealkylation sites (tertiary alicyclic amines) is 2. The molecule has 0 saturated carbocycles. The fraction of sp³-hybridized carbons (Fsp3) is 0.571. The van der Waals surface area contributed by atoms with E-state index >= 15 is 0 Å². The van der Waals surface area contributed by atoms with E-state index in [-0.39, 0.29) is 11.4 Å². The van der Waals surface area contributed by atoms with Crippen molar-refractivity contribution >= 4 is 38.1 Å². The third-order valence-corrected chi connectivity index (χ3v) is 15.8. The predicted molar refractivity (Wildman–Crippen MR) is 252 cm³/mol. The predicted octanol–water partition coefficient (Wildman–Crippen LogP) is 6.39. The number of hydrogen-bond acceptors (Lipinski definition) is 14. The zero-order chi connectivity index (χ0) is 53.5. The molecule has 2 fully saturated rings. The van der Waals surface area contributed by atoms with E-state index in [9.17, 15) is 57.6 Å². The number of methoxy groups -OCH3 is 2. The Morgan fingerprint density at radius 3 is 1.31 bits per heavy atom. The summed E-state index contributed by atoms with van der Waals surface area (Å²) in [6, 6.07) is 27.4. The Kier molecular flexibility index (Phi) is 18.8. The van der Waals surface area contributed by atoms with Gasteiger partial charge in [-0.05, 0) is 112 Å². The highest BCUT2D eigenvalue weighted by Gasteiger charge is 2.53. The minimum atomic E-state index is -6.19. The molecular formula is C49H63F6N3O12S2. The van der Waals surface area contributed by atoms with Crippen molar-refractivity contribution < 1.29 is 80.5 Å². The number of carboxylic acid groups (broad SMARTS) is 1. The third kappa shape index (κ3) is 14.3. The maximum absolute atomic E-state index is 12.1. The van der Waals surface area contributed by atoms with Crippen LogP contribution in [-0.4, -0.2) is 132 Å². The highest BCUT2D eigenvalue weighted by atomic mass is 32.2. The molecule has 2 saturated heterocycles. The quantitative estimate of drug-likeness (QED) is 0.0923. The molecule has 0 spiro atoms. The summed E-state index contributed by atoms with van der Waals surface area (Å²) in [5.74, 6) is -2.30. The van der Waals surface area contributed by atoms with Crippen LogP contribution in [0, 0.1) is 16.2 Å². The van der Waals surface area contributed by atoms with Crippen molar-refractivity contribution in [1.29, 1.82) is 0 Å². The molecule has 2 heterocycles. The van der Waals surface area contributed by atoms with E-state index in [0.29, 0.717) is 45.2 Å². The van der Waals surface area contributed by atoms with E-state index in [1.807, 2.05) is 13.8 Å². The Labute approximate surface area is 416 Å². The van der Waals surface area contributed by atoms with Crippen molar-refractivity contribution in [3.05, 3.63) is 106 Å². The van der Waals surface area contributed by atoms with Gasteiger partial charge in [0.2, 0.25) is 0 Å². The van der Waals surface area contributed by atoms with E-state index in [0.717, 1.165) is 64.5 Å². The maximum atomic E-state index is 12.1. The summed E-state index contributed by atoms with van der Waals surface area (Å²) in [4.78, 5) is 39.0. The SMILES string of the molecule is CC1(C(=O)O)CN(C2CCc3ccccc3C2)C1.COC(=O)C(C)(COS(=O)(=O)C(F)(F)F)COS(=O)(=O)C(F)(F)F.COC(=O)C1(C)CN(C2CCc3ccccc3C2)C1.NC1CCc2ccccc2C1. The summed E-state index contributed by atoms with van der Waals surface area (Å²) in [6.45, 7) is 4.15. The van der Waals surface area contributed by atoms with Gasteiger partial charge in [0.15, 0.2) is 0 Å². The lowest BCUT2D eigenvalue weighted by molar-refractivity contribution is -0.164. The molecule has 5 aliphatic rings. The smallest absolute Gasteiger partial charge is 0.481 e. The van der Waals surface area contributed by atoms with Gasteiger partial charge in [-0.1, -0.05) is 72.8 Å². The van der Waals surface area contributed by atoms with E-state index < -0.39 is 67.2 Å². The fourth-order valence-electron chi connectivity index (χ4n) is 9.39. The number of hydrogen-bond donors (Lipinski definition) is 2. The van der Waals surface area contributed by atoms with Gasteiger partial charge in [0.05, 0.1) is 38.3 Å². The van der Waals surface area contributed by atoms with E-state index in [4.69, 9.17) is 15.6 Å². The Balaban J connectivity index is 0.000000183. The van der Waals surface area contributed by atoms with Crippen LogP contribution in [0.4, 0.5) is 26.3 Å². The number of nitrogens with two attached hydrogens (primary N) is 1. The molecule has 3 atom stereocenters. The largest absolute Gasteiger partial charge is 0.523 e. The van der Waals surface area contributed by atoms with Gasteiger partial charge in [0, 0.05) is 44.3 Å². The molecule has 15 nitrogen and oxygen atoms in total. The lowest BCUT2D eigenvalue weighted by atomic mass is 9.78. The van der Waals surface area contributed by atoms with Crippen LogP contribution in [0.2, 0.25) is 0 Å². The van der Waals surface area contributed by atoms with Gasteiger partial charge in [-0.3, -0.25) is 32.5 Å². The first-order valence-electron chi connectivity index (χ1n) is 23.2. The van der Waals surface area contributed by atoms with Gasteiger partial charge in [0.25, 0.3) is 0 Å². The van der Waals surface area contributed by atoms with Crippen molar-refractivity contribution in [2.75, 3.05) is 53.6 Å². The maximum Gasteiger partial charge on any atom is 0.523 e. The van der Waals surface area contributed by atoms with E-state index in [2.05, 4.69) is 95.7 Å². The fourth-order valence-corrected chi connectivity index (χ4v) is 10.5. The lowest BCUT2D eigenvalue weighted by Crippen LogP contribution is -2.62. The third-order valence-electron chi connectivity index (χ3n) is 13.8. The number of rotatable bonds is 11. The molecule has 400 valence electrons. The molecule has 8 rings (SSSR count). The van der Waals surface area contributed by atoms with Crippen LogP contribution in [0.25, 0.3) is 0 Å². The number of aryl methyl sites for hydroxylation is 3. The van der Waals surface area contributed by atoms with Crippen LogP contribution in [-0.2, 0) is 91.0 Å². The first kappa shape index (κ1) is 58.2. The molecule has 0 radical (unpaired) electrons. The second kappa shape index (κ2) is 23.3. The van der Waals surface area contributed by atoms with Crippen LogP contribution >= 0.6 is 0 Å². The van der Waals surface area contributed by atoms with Crippen molar-refractivity contribution in [3.63, 3.8) is 0 Å². The van der Waals surface area contributed by atoms with Crippen LogP contribution in [0.3, 0.4) is 0 Å². The standard InChI is InChI=1S/C16H21NO2.C15H19NO2.C10H13N.C8H10F6O8S2/c1-16(15(18)19-2)10-17(11-16)14-8-7-12-5-3-4-6-13(12)9-14;1-15(14(17)18)9-16(10-15)13-7-6-11-4-2-3-5-12(11)8-13;11-10-6-5-8-3-1-2-4-9(8)7-10;1-6(5(15)20-2,3-21-23(16,17)7(9,10)11)4-22-24(18,19)8(12,13)14/h3-6,14H,7-11H2,1-2H3;2-5,13H,6-10H2,1H3,(H,17,18);1-4,10H,5-7,11H2;3-4H2,1-2H3. The van der Waals surface area contributed by atoms with E-state index in [1.165, 1.54) is 46.9 Å². The van der Waals surface area contributed by atoms with Crippen molar-refractivity contribution in [1.82, 2.24) is 9.80 Å². The Morgan fingerprint density at radius 1 is 0.611 bits per heavy atom. The molecule has 2 aliphatic heterocycles. The summed E-state index contributed by atoms with van der Waals surface area (Å²) < 4.78 is 132. The number of carboxylic acids is 1. The first-order valence-corrected chi connectivity index (χ1v) is 26.0. The molecule has 23 heteroatoms. The van der Waals surface area contributed by atoms with Gasteiger partial charge < -0.3 is 20.3 Å². The lowest BCUT2D eigenvalue weighted by Gasteiger charge is -2.50. The number of carbonyl (C=O) groups excluding carboxylic acids is 2. The van der Waals surface area contributed by atoms with Gasteiger partial charge in [-0.25, -0.2) is 0 Å². The summed E-state index contributed by atoms with van der Waals surface area (Å²) in [6.07, 6.45) is 10.2. The number of halogens is 6. The minimum Gasteiger partial charge on any atom is -0.481 e. The van der Waals surface area contributed by atoms with Crippen molar-refractivity contribution in [2.45, 2.75) is 108 Å². The zero-order valence-electron chi connectivity index (χ0n) is 40.8. The first-order chi connectivity index (χ1) is 33.5. The minimum absolute atomic E-state index is 0.0695. The molecule has 0 bridgehead atoms. The molecule has 0 amide bonds. The molecule has 3 aromatic rings. The van der Waals surface area contributed by atoms with Gasteiger partial charge in [-0.15, -0.1) is 0 Å². The second-order valence-corrected chi connectivity index (χ2v) is 22.9. The summed E-state index contributed by atoms with van der Waals surface area (Å²) in [5, 5.41) is 9.14. The van der Waals surface area contributed by atoms with Crippen LogP contribution in [0.15, 0.2) is 72.8 Å². The number of carbonyl (C=O) groups is 3. The van der Waals surface area contributed by atoms with Gasteiger partial charge in [-0.2, -0.15) is 43.2 Å². The Hall–Kier alpha value is -4.65. The number of benzene rings is 3. The number of fused-ring (bicyclic) bond motifs is 3. The summed E-state index contributed by atoms with van der Waals surface area (Å²) in [5.41, 5.74) is -0.476. The molecule has 3 aliphatic carbocycles. The van der Waals surface area contributed by atoms with Crippen molar-refractivity contribution in [2.24, 2.45) is 22.0 Å². The summed E-state index contributed by atoms with van der Waals surface area (Å²) >= 11 is 0. The highest BCUT2D eigenvalue weighted by Crippen LogP contribution is 2.38. The Morgan fingerprint density at radius 2 is 0.958 bits per heavy atom. The Bertz CT molecular complexity index is 2550. The average Bonchev–Trinajstić information content (AvgIpc) is 3.32. The van der Waals surface area contributed by atoms with Crippen LogP contribution in [0.5, 0.6) is 0 Å². The molecule has 0 aromatic heterocycles. The number of ether oxygens (including phenoxy) is 2. The topological polar surface area (TPSA) is 209 Å². The average molecular weight is 1060 g/mol. The normalized spacial score (nSPS) is 21.5. The molecular weight excluding hydrogens is 1000 g/mol. The summed E-state index contributed by atoms with van der Waals surface area (Å²) in [7, 11) is -10.2. The monoisotopic (exact) mass is 1060 g/mol. The van der Waals surface area contributed by atoms with Crippen LogP contribution in [0.1, 0.15) is 73.4 Å². The molecule has 3 aromatic carbocycles. The van der Waals surface area contributed by atoms with E-state index in [1.54, 1.807) is 0 Å². The molecule has 3 unspecified atom stereocenters. The number of alkyl halides is 6. The zero-order valence-corrected chi connectivity index (χ0v) is 42.4. The van der Waals surface area contributed by atoms with Crippen LogP contribution < -0.4 is 5.73 Å². The number of esters is 2. The second-order valence-electron chi connectivity index (χ2n) is 19.7. The van der Waals surface area contributed by atoms with Gasteiger partial charge >= 0.3 is 49.2 Å². The number of aliphatic carboxylic acids is 1. The number of nitrogens with zero attached hydrogens (tertiary/aromatic N) is 2. The highest BCUT2D eigenvalue weighted by molar-refractivity contribution is 7.87.